The molecule has 0 unspecified atom stereocenters. The number of benzene rings is 2. The maximum absolute atomic E-state index is 12.1. The van der Waals surface area contributed by atoms with Crippen molar-refractivity contribution in [2.75, 3.05) is 6.61 Å². The Balaban J connectivity index is 1.68. The summed E-state index contributed by atoms with van der Waals surface area (Å²) in [5.74, 6) is -0.958. The van der Waals surface area contributed by atoms with E-state index in [-0.39, 0.29) is 12.6 Å². The molecule has 3 rings (SSSR count). The summed E-state index contributed by atoms with van der Waals surface area (Å²) in [6.45, 7) is 1.62. The van der Waals surface area contributed by atoms with Crippen LogP contribution in [0.3, 0.4) is 0 Å². The van der Waals surface area contributed by atoms with Crippen molar-refractivity contribution < 1.29 is 28.6 Å². The largest absolute Gasteiger partial charge is 0.463 e. The van der Waals surface area contributed by atoms with Gasteiger partial charge in [-0.25, -0.2) is 9.59 Å². The van der Waals surface area contributed by atoms with Gasteiger partial charge >= 0.3 is 17.9 Å². The topological polar surface area (TPSA) is 78.9 Å². The third-order valence-electron chi connectivity index (χ3n) is 3.71. The first kappa shape index (κ1) is 16.7. The molecule has 2 aromatic rings. The fraction of sp³-hybridized carbons (Fsp3) is 0.211. The van der Waals surface area contributed by atoms with Crippen LogP contribution in [0.15, 0.2) is 48.5 Å². The van der Waals surface area contributed by atoms with Gasteiger partial charge < -0.3 is 14.2 Å². The molecule has 0 radical (unpaired) electrons. The molecule has 1 heterocycles. The van der Waals surface area contributed by atoms with Crippen LogP contribution < -0.4 is 4.74 Å². The van der Waals surface area contributed by atoms with E-state index in [4.69, 9.17) is 14.2 Å². The van der Waals surface area contributed by atoms with E-state index in [1.165, 1.54) is 6.92 Å². The van der Waals surface area contributed by atoms with E-state index in [1.54, 1.807) is 36.4 Å². The third-order valence-corrected chi connectivity index (χ3v) is 3.71. The maximum Gasteiger partial charge on any atom is 0.347 e. The zero-order valence-corrected chi connectivity index (χ0v) is 13.6. The number of hydrogen-bond acceptors (Lipinski definition) is 6. The molecule has 128 valence electrons. The van der Waals surface area contributed by atoms with E-state index in [9.17, 15) is 14.4 Å². The second-order valence-corrected chi connectivity index (χ2v) is 5.55. The van der Waals surface area contributed by atoms with Crippen LogP contribution in [0.2, 0.25) is 0 Å². The van der Waals surface area contributed by atoms with Gasteiger partial charge in [0.2, 0.25) is 6.10 Å². The first-order chi connectivity index (χ1) is 12.0. The molecule has 0 N–H and O–H groups in total. The molecular weight excluding hydrogens is 324 g/mol. The van der Waals surface area contributed by atoms with Gasteiger partial charge in [0.15, 0.2) is 0 Å². The quantitative estimate of drug-likeness (QED) is 0.629. The van der Waals surface area contributed by atoms with Crippen LogP contribution in [-0.4, -0.2) is 30.6 Å². The first-order valence-corrected chi connectivity index (χ1v) is 7.79. The first-order valence-electron chi connectivity index (χ1n) is 7.79. The van der Waals surface area contributed by atoms with Crippen LogP contribution in [0.1, 0.15) is 23.7 Å². The Labute approximate surface area is 144 Å². The van der Waals surface area contributed by atoms with Crippen molar-refractivity contribution in [3.05, 3.63) is 54.1 Å². The Hall–Kier alpha value is -3.15. The number of cyclic esters (lactones) is 1. The molecule has 2 aromatic carbocycles. The molecule has 0 saturated carbocycles. The van der Waals surface area contributed by atoms with Crippen molar-refractivity contribution in [2.24, 2.45) is 0 Å². The minimum atomic E-state index is -0.819. The summed E-state index contributed by atoms with van der Waals surface area (Å²) >= 11 is 0. The van der Waals surface area contributed by atoms with Crippen LogP contribution in [-0.2, 0) is 19.1 Å². The number of rotatable bonds is 4. The predicted molar refractivity (Wildman–Crippen MR) is 88.0 cm³/mol. The van der Waals surface area contributed by atoms with Crippen LogP contribution in [0.4, 0.5) is 0 Å². The van der Waals surface area contributed by atoms with Crippen LogP contribution >= 0.6 is 0 Å². The van der Waals surface area contributed by atoms with Gasteiger partial charge in [0.05, 0.1) is 12.2 Å². The highest BCUT2D eigenvalue weighted by molar-refractivity contribution is 5.92. The fourth-order valence-electron chi connectivity index (χ4n) is 2.46. The van der Waals surface area contributed by atoms with Crippen molar-refractivity contribution in [1.29, 1.82) is 0 Å². The van der Waals surface area contributed by atoms with E-state index in [0.717, 1.165) is 11.1 Å². The lowest BCUT2D eigenvalue weighted by molar-refractivity contribution is -0.145. The molecule has 1 aliphatic rings. The van der Waals surface area contributed by atoms with Gasteiger partial charge in [-0.05, 0) is 35.4 Å². The van der Waals surface area contributed by atoms with Crippen molar-refractivity contribution in [3.8, 4) is 16.9 Å². The monoisotopic (exact) mass is 340 g/mol. The fourth-order valence-corrected chi connectivity index (χ4v) is 2.46. The molecule has 6 nitrogen and oxygen atoms in total. The number of ether oxygens (including phenoxy) is 3. The van der Waals surface area contributed by atoms with E-state index in [2.05, 4.69) is 0 Å². The molecule has 1 aliphatic heterocycles. The molecule has 6 heteroatoms. The summed E-state index contributed by atoms with van der Waals surface area (Å²) in [5, 5.41) is 0. The van der Waals surface area contributed by atoms with Crippen molar-refractivity contribution in [2.45, 2.75) is 19.4 Å². The second kappa shape index (κ2) is 7.17. The molecule has 0 amide bonds. The van der Waals surface area contributed by atoms with Gasteiger partial charge in [-0.1, -0.05) is 24.3 Å². The lowest BCUT2D eigenvalue weighted by Gasteiger charge is -2.09. The highest BCUT2D eigenvalue weighted by Gasteiger charge is 2.30. The predicted octanol–water partition coefficient (Wildman–Crippen LogP) is 2.75. The molecular formula is C19H16O6. The number of carbonyl (C=O) groups is 3. The highest BCUT2D eigenvalue weighted by atomic mass is 16.6. The van der Waals surface area contributed by atoms with Crippen LogP contribution in [0.25, 0.3) is 11.1 Å². The minimum Gasteiger partial charge on any atom is -0.463 e. The van der Waals surface area contributed by atoms with E-state index in [1.807, 2.05) is 12.1 Å². The number of carbonyl (C=O) groups excluding carboxylic acids is 3. The van der Waals surface area contributed by atoms with Crippen molar-refractivity contribution in [3.63, 3.8) is 0 Å². The van der Waals surface area contributed by atoms with Gasteiger partial charge in [-0.3, -0.25) is 4.79 Å². The molecule has 0 aromatic heterocycles. The molecule has 1 atom stereocenters. The average Bonchev–Trinajstić information content (AvgIpc) is 3.00. The minimum absolute atomic E-state index is 0.277. The summed E-state index contributed by atoms with van der Waals surface area (Å²) in [6.07, 6.45) is -0.432. The zero-order chi connectivity index (χ0) is 17.8. The molecule has 1 fully saturated rings. The second-order valence-electron chi connectivity index (χ2n) is 5.55. The normalized spacial score (nSPS) is 16.2. The summed E-state index contributed by atoms with van der Waals surface area (Å²) in [4.78, 5) is 34.3. The Bertz CT molecular complexity index is 792. The van der Waals surface area contributed by atoms with Gasteiger partial charge in [-0.2, -0.15) is 0 Å². The standard InChI is InChI=1S/C19H16O6/c1-12(20)24-16-8-6-14(7-9-16)13-2-4-15(5-3-13)18(21)25-17-10-11-23-19(17)22/h2-9,17H,10-11H2,1H3/t17-/m0/s1. The molecule has 0 aliphatic carbocycles. The number of hydrogen-bond donors (Lipinski definition) is 0. The Morgan fingerprint density at radius 1 is 1.00 bits per heavy atom. The molecule has 0 bridgehead atoms. The maximum atomic E-state index is 12.1. The lowest BCUT2D eigenvalue weighted by Crippen LogP contribution is -2.22. The van der Waals surface area contributed by atoms with E-state index < -0.39 is 18.0 Å². The average molecular weight is 340 g/mol. The summed E-state index contributed by atoms with van der Waals surface area (Å²) in [6, 6.07) is 13.9. The van der Waals surface area contributed by atoms with Crippen molar-refractivity contribution >= 4 is 17.9 Å². The van der Waals surface area contributed by atoms with Crippen LogP contribution in [0, 0.1) is 0 Å². The van der Waals surface area contributed by atoms with E-state index >= 15 is 0 Å². The molecule has 1 saturated heterocycles. The third kappa shape index (κ3) is 4.03. The zero-order valence-electron chi connectivity index (χ0n) is 13.6. The lowest BCUT2D eigenvalue weighted by atomic mass is 10.0. The SMILES string of the molecule is CC(=O)Oc1ccc(-c2ccc(C(=O)O[C@H]3CCOC3=O)cc2)cc1. The van der Waals surface area contributed by atoms with Crippen molar-refractivity contribution in [1.82, 2.24) is 0 Å². The van der Waals surface area contributed by atoms with Crippen LogP contribution in [0.5, 0.6) is 5.75 Å². The van der Waals surface area contributed by atoms with Gasteiger partial charge in [-0.15, -0.1) is 0 Å². The van der Waals surface area contributed by atoms with Gasteiger partial charge in [0, 0.05) is 13.3 Å². The summed E-state index contributed by atoms with van der Waals surface area (Å²) in [5.41, 5.74) is 2.17. The smallest absolute Gasteiger partial charge is 0.347 e. The number of esters is 3. The van der Waals surface area contributed by atoms with E-state index in [0.29, 0.717) is 17.7 Å². The van der Waals surface area contributed by atoms with Gasteiger partial charge in [0.1, 0.15) is 5.75 Å². The van der Waals surface area contributed by atoms with Gasteiger partial charge in [0.25, 0.3) is 0 Å². The Morgan fingerprint density at radius 2 is 1.60 bits per heavy atom. The summed E-state index contributed by atoms with van der Waals surface area (Å²) in [7, 11) is 0. The Kier molecular flexibility index (Phi) is 4.79. The Morgan fingerprint density at radius 3 is 2.12 bits per heavy atom. The highest BCUT2D eigenvalue weighted by Crippen LogP contribution is 2.23. The summed E-state index contributed by atoms with van der Waals surface area (Å²) < 4.78 is 14.9. The molecule has 0 spiro atoms. The molecule has 25 heavy (non-hydrogen) atoms.